The Morgan fingerprint density at radius 1 is 0.968 bits per heavy atom. The van der Waals surface area contributed by atoms with Gasteiger partial charge in [0.15, 0.2) is 0 Å². The Balaban J connectivity index is 1.76. The number of halogens is 2. The minimum atomic E-state index is -0.312. The third kappa shape index (κ3) is 3.42. The van der Waals surface area contributed by atoms with E-state index in [1.165, 1.54) is 22.3 Å². The highest BCUT2D eigenvalue weighted by Gasteiger charge is 2.52. The fourth-order valence-corrected chi connectivity index (χ4v) is 5.91. The van der Waals surface area contributed by atoms with Crippen LogP contribution in [0.5, 0.6) is 0 Å². The van der Waals surface area contributed by atoms with Crippen molar-refractivity contribution in [2.24, 2.45) is 4.99 Å². The van der Waals surface area contributed by atoms with E-state index in [2.05, 4.69) is 73.9 Å². The first-order valence-corrected chi connectivity index (χ1v) is 11.7. The Labute approximate surface area is 194 Å². The third-order valence-electron chi connectivity index (χ3n) is 6.86. The molecular weight excluding hydrogens is 423 g/mol. The summed E-state index contributed by atoms with van der Waals surface area (Å²) in [6, 6.07) is 23.4. The lowest BCUT2D eigenvalue weighted by Gasteiger charge is -2.48. The maximum absolute atomic E-state index is 6.43. The zero-order valence-corrected chi connectivity index (χ0v) is 19.3. The van der Waals surface area contributed by atoms with E-state index in [0.29, 0.717) is 5.92 Å². The van der Waals surface area contributed by atoms with Gasteiger partial charge in [0, 0.05) is 28.2 Å². The molecule has 0 radical (unpaired) electrons. The normalized spacial score (nSPS) is 24.7. The van der Waals surface area contributed by atoms with E-state index in [4.69, 9.17) is 28.2 Å². The molecule has 0 saturated carbocycles. The number of hydrogen-bond acceptors (Lipinski definition) is 2. The number of fused-ring (bicyclic) bond motifs is 2. The van der Waals surface area contributed by atoms with Crippen molar-refractivity contribution in [2.45, 2.75) is 43.6 Å². The molecule has 31 heavy (non-hydrogen) atoms. The second kappa shape index (κ2) is 8.09. The summed E-state index contributed by atoms with van der Waals surface area (Å²) < 4.78 is 0. The Kier molecular flexibility index (Phi) is 5.42. The van der Waals surface area contributed by atoms with Crippen molar-refractivity contribution in [3.05, 3.63) is 99.0 Å². The molecule has 5 rings (SSSR count). The highest BCUT2D eigenvalue weighted by Crippen LogP contribution is 2.56. The summed E-state index contributed by atoms with van der Waals surface area (Å²) in [5.41, 5.74) is 5.87. The van der Waals surface area contributed by atoms with Crippen LogP contribution in [-0.4, -0.2) is 12.8 Å². The summed E-state index contributed by atoms with van der Waals surface area (Å²) in [7, 11) is 0. The van der Waals surface area contributed by atoms with Crippen LogP contribution in [-0.2, 0) is 5.41 Å². The first-order chi connectivity index (χ1) is 15.0. The van der Waals surface area contributed by atoms with Gasteiger partial charge in [0.1, 0.15) is 0 Å². The second-order valence-electron chi connectivity index (χ2n) is 8.92. The summed E-state index contributed by atoms with van der Waals surface area (Å²) in [4.78, 5) is 4.90. The van der Waals surface area contributed by atoms with Crippen LogP contribution >= 0.6 is 23.2 Å². The molecule has 3 aromatic carbocycles. The van der Waals surface area contributed by atoms with E-state index in [9.17, 15) is 0 Å². The zero-order chi connectivity index (χ0) is 21.6. The molecule has 3 aromatic rings. The van der Waals surface area contributed by atoms with E-state index in [1.807, 2.05) is 18.2 Å². The van der Waals surface area contributed by atoms with Gasteiger partial charge in [-0.25, -0.2) is 0 Å². The Morgan fingerprint density at radius 3 is 2.58 bits per heavy atom. The zero-order valence-electron chi connectivity index (χ0n) is 17.8. The predicted molar refractivity (Wildman–Crippen MR) is 131 cm³/mol. The van der Waals surface area contributed by atoms with Gasteiger partial charge in [-0.15, -0.1) is 0 Å². The third-order valence-corrected chi connectivity index (χ3v) is 7.33. The molecule has 1 fully saturated rings. The molecule has 1 N–H and O–H groups in total. The van der Waals surface area contributed by atoms with Crippen LogP contribution < -0.4 is 5.32 Å². The van der Waals surface area contributed by atoms with Crippen LogP contribution in [0, 0.1) is 0 Å². The molecule has 0 amide bonds. The number of piperidine rings is 1. The molecule has 3 atom stereocenters. The molecule has 158 valence electrons. The maximum atomic E-state index is 6.43. The van der Waals surface area contributed by atoms with E-state index < -0.39 is 0 Å². The van der Waals surface area contributed by atoms with Gasteiger partial charge in [-0.1, -0.05) is 79.5 Å². The topological polar surface area (TPSA) is 24.4 Å². The van der Waals surface area contributed by atoms with Crippen molar-refractivity contribution in [2.75, 3.05) is 6.54 Å². The van der Waals surface area contributed by atoms with Crippen molar-refractivity contribution in [3.8, 4) is 0 Å². The van der Waals surface area contributed by atoms with Crippen LogP contribution in [0.3, 0.4) is 0 Å². The van der Waals surface area contributed by atoms with Crippen LogP contribution in [0.25, 0.3) is 0 Å². The quantitative estimate of drug-likeness (QED) is 0.438. The highest BCUT2D eigenvalue weighted by atomic mass is 35.5. The molecule has 1 saturated heterocycles. The maximum Gasteiger partial charge on any atom is 0.0683 e. The molecule has 0 aliphatic carbocycles. The van der Waals surface area contributed by atoms with Crippen LogP contribution in [0.4, 0.5) is 5.69 Å². The second-order valence-corrected chi connectivity index (χ2v) is 9.79. The number of aliphatic imine (C=N–C) groups is 1. The van der Waals surface area contributed by atoms with Crippen molar-refractivity contribution >= 4 is 35.1 Å². The molecule has 2 aliphatic rings. The van der Waals surface area contributed by atoms with Gasteiger partial charge in [-0.2, -0.15) is 0 Å². The summed E-state index contributed by atoms with van der Waals surface area (Å²) in [6.07, 6.45) is 3.18. The van der Waals surface area contributed by atoms with Gasteiger partial charge in [0.05, 0.1) is 11.1 Å². The lowest BCUT2D eigenvalue weighted by molar-refractivity contribution is 0.269. The molecule has 0 bridgehead atoms. The van der Waals surface area contributed by atoms with Gasteiger partial charge in [0.2, 0.25) is 0 Å². The molecule has 4 heteroatoms. The van der Waals surface area contributed by atoms with Crippen molar-refractivity contribution in [1.29, 1.82) is 0 Å². The lowest BCUT2D eigenvalue weighted by atomic mass is 9.59. The summed E-state index contributed by atoms with van der Waals surface area (Å²) in [5.74, 6) is 0.688. The van der Waals surface area contributed by atoms with Crippen LogP contribution in [0.2, 0.25) is 10.0 Å². The monoisotopic (exact) mass is 448 g/mol. The number of nitrogens with one attached hydrogen (secondary N) is 1. The lowest BCUT2D eigenvalue weighted by Crippen LogP contribution is -2.51. The van der Waals surface area contributed by atoms with E-state index in [-0.39, 0.29) is 17.4 Å². The van der Waals surface area contributed by atoms with Crippen LogP contribution in [0.1, 0.15) is 60.4 Å². The van der Waals surface area contributed by atoms with Gasteiger partial charge >= 0.3 is 0 Å². The standard InChI is InChI=1S/C27H26Cl2N2/c1-17(2)21-8-3-4-9-22(21)26-27(16-31-25-15-20(29)10-11-24(25)27)23(12-13-30-26)18-6-5-7-19(28)14-18/h3-11,14-17,23,26,30H,12-13H2,1-2H3/t23-,26+,27-/m0/s1. The van der Waals surface area contributed by atoms with Crippen molar-refractivity contribution in [3.63, 3.8) is 0 Å². The summed E-state index contributed by atoms with van der Waals surface area (Å²) in [5, 5.41) is 5.37. The minimum absolute atomic E-state index is 0.106. The SMILES string of the molecule is CC(C)c1ccccc1[C@H]1NCC[C@@H](c2cccc(Cl)c2)[C@]12C=Nc1cc(Cl)ccc12. The number of benzene rings is 3. The number of rotatable bonds is 3. The van der Waals surface area contributed by atoms with Crippen molar-refractivity contribution < 1.29 is 0 Å². The summed E-state index contributed by atoms with van der Waals surface area (Å²) in [6.45, 7) is 5.46. The minimum Gasteiger partial charge on any atom is -0.309 e. The van der Waals surface area contributed by atoms with Gasteiger partial charge in [-0.3, -0.25) is 4.99 Å². The first-order valence-electron chi connectivity index (χ1n) is 10.9. The fourth-order valence-electron chi connectivity index (χ4n) is 5.54. The number of nitrogens with zero attached hydrogens (tertiary/aromatic N) is 1. The molecule has 2 aliphatic heterocycles. The van der Waals surface area contributed by atoms with Gasteiger partial charge < -0.3 is 5.32 Å². The first kappa shape index (κ1) is 20.8. The van der Waals surface area contributed by atoms with Crippen molar-refractivity contribution in [1.82, 2.24) is 5.32 Å². The highest BCUT2D eigenvalue weighted by molar-refractivity contribution is 6.31. The molecule has 2 nitrogen and oxygen atoms in total. The Morgan fingerprint density at radius 2 is 1.77 bits per heavy atom. The molecular formula is C27H26Cl2N2. The Hall–Kier alpha value is -2.13. The Bertz CT molecular complexity index is 1150. The van der Waals surface area contributed by atoms with E-state index in [0.717, 1.165) is 28.7 Å². The molecule has 2 heterocycles. The van der Waals surface area contributed by atoms with E-state index in [1.54, 1.807) is 0 Å². The predicted octanol–water partition coefficient (Wildman–Crippen LogP) is 7.59. The fraction of sp³-hybridized carbons (Fsp3) is 0.296. The molecule has 0 aromatic heterocycles. The molecule has 1 spiro atoms. The molecule has 0 unspecified atom stereocenters. The summed E-state index contributed by atoms with van der Waals surface area (Å²) >= 11 is 12.8. The van der Waals surface area contributed by atoms with E-state index >= 15 is 0 Å². The number of hydrogen-bond donors (Lipinski definition) is 1. The van der Waals surface area contributed by atoms with Gasteiger partial charge in [0.25, 0.3) is 0 Å². The average Bonchev–Trinajstić information content (AvgIpc) is 3.12. The smallest absolute Gasteiger partial charge is 0.0683 e. The van der Waals surface area contributed by atoms with Gasteiger partial charge in [-0.05, 0) is 65.4 Å². The van der Waals surface area contributed by atoms with Crippen LogP contribution in [0.15, 0.2) is 71.7 Å². The average molecular weight is 449 g/mol. The largest absolute Gasteiger partial charge is 0.309 e.